The van der Waals surface area contributed by atoms with E-state index < -0.39 is 0 Å². The molecule has 7 heteroatoms. The van der Waals surface area contributed by atoms with Crippen LogP contribution in [0.25, 0.3) is 0 Å². The first-order valence-corrected chi connectivity index (χ1v) is 10.3. The fourth-order valence-electron chi connectivity index (χ4n) is 3.34. The van der Waals surface area contributed by atoms with Gasteiger partial charge in [0, 0.05) is 24.7 Å². The highest BCUT2D eigenvalue weighted by molar-refractivity contribution is 7.15. The second-order valence-electron chi connectivity index (χ2n) is 6.90. The first-order chi connectivity index (χ1) is 13.8. The summed E-state index contributed by atoms with van der Waals surface area (Å²) >= 11 is 1.63. The number of rotatable bonds is 6. The van der Waals surface area contributed by atoms with Crippen molar-refractivity contribution in [2.75, 3.05) is 5.32 Å². The Morgan fingerprint density at radius 3 is 2.61 bits per heavy atom. The lowest BCUT2D eigenvalue weighted by Gasteiger charge is -2.28. The van der Waals surface area contributed by atoms with E-state index in [0.29, 0.717) is 17.5 Å². The largest absolute Gasteiger partial charge is 0.474 e. The summed E-state index contributed by atoms with van der Waals surface area (Å²) in [5.74, 6) is 0.588. The Balaban J connectivity index is 1.25. The molecule has 0 unspecified atom stereocenters. The van der Waals surface area contributed by atoms with Crippen molar-refractivity contribution in [2.24, 2.45) is 0 Å². The number of nitriles is 1. The van der Waals surface area contributed by atoms with Crippen LogP contribution in [0.1, 0.15) is 41.8 Å². The first-order valence-electron chi connectivity index (χ1n) is 9.44. The van der Waals surface area contributed by atoms with Gasteiger partial charge in [0.25, 0.3) is 0 Å². The first kappa shape index (κ1) is 18.4. The third kappa shape index (κ3) is 4.84. The van der Waals surface area contributed by atoms with Crippen LogP contribution in [0.2, 0.25) is 0 Å². The highest BCUT2D eigenvalue weighted by Gasteiger charge is 2.23. The number of hydrogen-bond acceptors (Lipinski definition) is 7. The number of benzene rings is 1. The molecule has 1 fully saturated rings. The Hall–Kier alpha value is -2.98. The second kappa shape index (κ2) is 8.81. The fraction of sp³-hybridized carbons (Fsp3) is 0.333. The summed E-state index contributed by atoms with van der Waals surface area (Å²) in [5.41, 5.74) is 1.79. The van der Waals surface area contributed by atoms with E-state index in [2.05, 4.69) is 38.7 Å². The minimum atomic E-state index is 0.168. The van der Waals surface area contributed by atoms with Crippen molar-refractivity contribution in [3.05, 3.63) is 64.8 Å². The van der Waals surface area contributed by atoms with Gasteiger partial charge in [-0.3, -0.25) is 0 Å². The van der Waals surface area contributed by atoms with Crippen molar-refractivity contribution in [3.63, 3.8) is 0 Å². The van der Waals surface area contributed by atoms with E-state index in [-0.39, 0.29) is 6.10 Å². The van der Waals surface area contributed by atoms with Crippen LogP contribution in [0.15, 0.2) is 48.7 Å². The van der Waals surface area contributed by atoms with Gasteiger partial charge in [0.05, 0.1) is 5.56 Å². The van der Waals surface area contributed by atoms with Crippen molar-refractivity contribution in [1.29, 1.82) is 5.26 Å². The van der Waals surface area contributed by atoms with Gasteiger partial charge in [-0.2, -0.15) is 5.26 Å². The summed E-state index contributed by atoms with van der Waals surface area (Å²) in [6.45, 7) is 0. The summed E-state index contributed by atoms with van der Waals surface area (Å²) in [5, 5.41) is 22.9. The minimum Gasteiger partial charge on any atom is -0.474 e. The smallest absolute Gasteiger partial charge is 0.213 e. The van der Waals surface area contributed by atoms with Crippen molar-refractivity contribution in [3.8, 4) is 11.9 Å². The molecular weight excluding hydrogens is 370 g/mol. The molecule has 2 heterocycles. The van der Waals surface area contributed by atoms with Crippen LogP contribution in [0.4, 0.5) is 5.13 Å². The number of aromatic nitrogens is 3. The van der Waals surface area contributed by atoms with Crippen molar-refractivity contribution in [1.82, 2.24) is 15.2 Å². The van der Waals surface area contributed by atoms with Gasteiger partial charge in [0.1, 0.15) is 17.2 Å². The van der Waals surface area contributed by atoms with E-state index in [0.717, 1.165) is 42.2 Å². The van der Waals surface area contributed by atoms with Gasteiger partial charge in [-0.25, -0.2) is 4.98 Å². The lowest BCUT2D eigenvalue weighted by atomic mass is 9.93. The molecule has 28 heavy (non-hydrogen) atoms. The number of hydrogen-bond donors (Lipinski definition) is 1. The molecule has 0 atom stereocenters. The minimum absolute atomic E-state index is 0.168. The topological polar surface area (TPSA) is 83.7 Å². The van der Waals surface area contributed by atoms with Crippen LogP contribution in [0, 0.1) is 11.3 Å². The molecule has 0 spiro atoms. The summed E-state index contributed by atoms with van der Waals surface area (Å²) in [6.07, 6.45) is 6.51. The Labute approximate surface area is 168 Å². The lowest BCUT2D eigenvalue weighted by Crippen LogP contribution is -2.31. The summed E-state index contributed by atoms with van der Waals surface area (Å²) < 4.78 is 5.95. The quantitative estimate of drug-likeness (QED) is 0.678. The van der Waals surface area contributed by atoms with Crippen LogP contribution >= 0.6 is 11.3 Å². The van der Waals surface area contributed by atoms with Crippen LogP contribution < -0.4 is 10.1 Å². The molecule has 0 radical (unpaired) electrons. The predicted molar refractivity (Wildman–Crippen MR) is 108 cm³/mol. The van der Waals surface area contributed by atoms with Gasteiger partial charge in [0.15, 0.2) is 0 Å². The highest BCUT2D eigenvalue weighted by Crippen LogP contribution is 2.27. The monoisotopic (exact) mass is 391 g/mol. The van der Waals surface area contributed by atoms with E-state index in [1.807, 2.05) is 18.2 Å². The molecule has 1 saturated carbocycles. The molecule has 3 aromatic rings. The van der Waals surface area contributed by atoms with Gasteiger partial charge in [-0.1, -0.05) is 41.7 Å². The zero-order chi connectivity index (χ0) is 19.2. The third-order valence-corrected chi connectivity index (χ3v) is 5.67. The Morgan fingerprint density at radius 2 is 1.89 bits per heavy atom. The van der Waals surface area contributed by atoms with E-state index in [4.69, 9.17) is 10.00 Å². The standard InChI is InChI=1S/C21H21N5OS/c22-13-16-6-11-19(23-14-16)27-18-9-7-17(8-10-18)24-21-26-25-20(28-21)12-15-4-2-1-3-5-15/h1-6,11,14,17-18H,7-10,12H2,(H,24,26). The maximum Gasteiger partial charge on any atom is 0.213 e. The van der Waals surface area contributed by atoms with Crippen molar-refractivity contribution in [2.45, 2.75) is 44.2 Å². The summed E-state index contributed by atoms with van der Waals surface area (Å²) in [6, 6.07) is 16.3. The van der Waals surface area contributed by atoms with Gasteiger partial charge in [-0.15, -0.1) is 10.2 Å². The number of anilines is 1. The summed E-state index contributed by atoms with van der Waals surface area (Å²) in [7, 11) is 0. The van der Waals surface area contributed by atoms with E-state index in [1.54, 1.807) is 29.7 Å². The maximum absolute atomic E-state index is 8.83. The molecule has 0 saturated heterocycles. The molecule has 1 N–H and O–H groups in total. The van der Waals surface area contributed by atoms with Gasteiger partial charge < -0.3 is 10.1 Å². The average molecular weight is 392 g/mol. The molecular formula is C21H21N5OS. The number of nitrogens with one attached hydrogen (secondary N) is 1. The Kier molecular flexibility index (Phi) is 5.78. The normalized spacial score (nSPS) is 19.0. The highest BCUT2D eigenvalue weighted by atomic mass is 32.1. The number of pyridine rings is 1. The predicted octanol–water partition coefficient (Wildman–Crippen LogP) is 4.20. The van der Waals surface area contributed by atoms with Crippen LogP contribution in [0.3, 0.4) is 0 Å². The molecule has 0 aliphatic heterocycles. The van der Waals surface area contributed by atoms with Gasteiger partial charge in [-0.05, 0) is 37.3 Å². The molecule has 1 aromatic carbocycles. The molecule has 0 amide bonds. The Bertz CT molecular complexity index is 927. The Morgan fingerprint density at radius 1 is 1.07 bits per heavy atom. The molecule has 6 nitrogen and oxygen atoms in total. The summed E-state index contributed by atoms with van der Waals surface area (Å²) in [4.78, 5) is 4.19. The van der Waals surface area contributed by atoms with Crippen LogP contribution in [0.5, 0.6) is 5.88 Å². The zero-order valence-electron chi connectivity index (χ0n) is 15.4. The average Bonchev–Trinajstić information content (AvgIpc) is 3.17. The van der Waals surface area contributed by atoms with E-state index >= 15 is 0 Å². The van der Waals surface area contributed by atoms with Crippen molar-refractivity contribution >= 4 is 16.5 Å². The molecule has 2 aromatic heterocycles. The number of ether oxygens (including phenoxy) is 1. The fourth-order valence-corrected chi connectivity index (χ4v) is 4.19. The third-order valence-electron chi connectivity index (χ3n) is 4.82. The van der Waals surface area contributed by atoms with Gasteiger partial charge in [0.2, 0.25) is 11.0 Å². The van der Waals surface area contributed by atoms with E-state index in [9.17, 15) is 0 Å². The molecule has 4 rings (SSSR count). The maximum atomic E-state index is 8.83. The van der Waals surface area contributed by atoms with Crippen LogP contribution in [-0.2, 0) is 6.42 Å². The van der Waals surface area contributed by atoms with Crippen molar-refractivity contribution < 1.29 is 4.74 Å². The zero-order valence-corrected chi connectivity index (χ0v) is 16.2. The number of nitrogens with zero attached hydrogens (tertiary/aromatic N) is 4. The lowest BCUT2D eigenvalue weighted by molar-refractivity contribution is 0.144. The molecule has 0 bridgehead atoms. The van der Waals surface area contributed by atoms with Gasteiger partial charge >= 0.3 is 0 Å². The van der Waals surface area contributed by atoms with Crippen LogP contribution in [-0.4, -0.2) is 27.3 Å². The SMILES string of the molecule is N#Cc1ccc(OC2CCC(Nc3nnc(Cc4ccccc4)s3)CC2)nc1. The molecule has 1 aliphatic carbocycles. The van der Waals surface area contributed by atoms with E-state index in [1.165, 1.54) is 5.56 Å². The molecule has 1 aliphatic rings. The second-order valence-corrected chi connectivity index (χ2v) is 7.96. The molecule has 142 valence electrons.